The van der Waals surface area contributed by atoms with Gasteiger partial charge in [-0.3, -0.25) is 4.79 Å². The van der Waals surface area contributed by atoms with Crippen molar-refractivity contribution in [1.82, 2.24) is 9.97 Å². The molecule has 0 saturated heterocycles. The van der Waals surface area contributed by atoms with Gasteiger partial charge in [-0.05, 0) is 0 Å². The summed E-state index contributed by atoms with van der Waals surface area (Å²) >= 11 is 5.63. The van der Waals surface area contributed by atoms with Crippen LogP contribution in [0.3, 0.4) is 0 Å². The predicted molar refractivity (Wildman–Crippen MR) is 48.6 cm³/mol. The number of nitrogens with zero attached hydrogens (tertiary/aromatic N) is 1. The summed E-state index contributed by atoms with van der Waals surface area (Å²) in [5.41, 5.74) is -0.349. The Kier molecular flexibility index (Phi) is 2.88. The highest BCUT2D eigenvalue weighted by atomic mass is 35.5. The molecule has 1 heterocycles. The number of hydrogen-bond acceptors (Lipinski definition) is 3. The third-order valence-corrected chi connectivity index (χ3v) is 1.56. The smallest absolute Gasteiger partial charge is 0.271 e. The van der Waals surface area contributed by atoms with Gasteiger partial charge in [-0.15, -0.1) is 6.58 Å². The van der Waals surface area contributed by atoms with E-state index in [-0.39, 0.29) is 10.6 Å². The summed E-state index contributed by atoms with van der Waals surface area (Å²) in [4.78, 5) is 17.1. The first-order valence-electron chi connectivity index (χ1n) is 3.33. The van der Waals surface area contributed by atoms with Gasteiger partial charge in [-0.1, -0.05) is 17.7 Å². The molecule has 1 aromatic heterocycles. The number of hydrogen-bond donors (Lipinski definition) is 2. The molecule has 0 saturated carbocycles. The fourth-order valence-corrected chi connectivity index (χ4v) is 0.845. The molecule has 0 unspecified atom stereocenters. The van der Waals surface area contributed by atoms with Crippen LogP contribution in [0.1, 0.15) is 0 Å². The highest BCUT2D eigenvalue weighted by molar-refractivity contribution is 6.32. The van der Waals surface area contributed by atoms with E-state index in [1.54, 1.807) is 6.08 Å². The summed E-state index contributed by atoms with van der Waals surface area (Å²) in [5, 5.41) is 2.89. The molecule has 0 aliphatic heterocycles. The average molecular weight is 186 g/mol. The summed E-state index contributed by atoms with van der Waals surface area (Å²) < 4.78 is 0. The SMILES string of the molecule is C=CCNc1nc[nH]c(=O)c1Cl. The first kappa shape index (κ1) is 8.80. The molecule has 0 aliphatic rings. The molecule has 0 atom stereocenters. The van der Waals surface area contributed by atoms with Crippen LogP contribution in [0, 0.1) is 0 Å². The molecule has 0 amide bonds. The molecule has 64 valence electrons. The van der Waals surface area contributed by atoms with Crippen LogP contribution < -0.4 is 10.9 Å². The van der Waals surface area contributed by atoms with Gasteiger partial charge < -0.3 is 10.3 Å². The van der Waals surface area contributed by atoms with Crippen molar-refractivity contribution < 1.29 is 0 Å². The molecule has 0 aromatic carbocycles. The van der Waals surface area contributed by atoms with E-state index >= 15 is 0 Å². The fourth-order valence-electron chi connectivity index (χ4n) is 0.675. The third kappa shape index (κ3) is 1.85. The van der Waals surface area contributed by atoms with Gasteiger partial charge in [-0.2, -0.15) is 0 Å². The van der Waals surface area contributed by atoms with Crippen LogP contribution in [0.5, 0.6) is 0 Å². The van der Waals surface area contributed by atoms with Gasteiger partial charge in [0, 0.05) is 6.54 Å². The van der Waals surface area contributed by atoms with Crippen molar-refractivity contribution in [2.24, 2.45) is 0 Å². The second-order valence-electron chi connectivity index (χ2n) is 2.06. The Bertz CT molecular complexity index is 334. The maximum absolute atomic E-state index is 10.9. The van der Waals surface area contributed by atoms with Crippen molar-refractivity contribution in [2.45, 2.75) is 0 Å². The summed E-state index contributed by atoms with van der Waals surface area (Å²) in [6.45, 7) is 4.03. The van der Waals surface area contributed by atoms with Crippen LogP contribution >= 0.6 is 11.6 Å². The normalized spacial score (nSPS) is 9.42. The van der Waals surface area contributed by atoms with E-state index in [1.807, 2.05) is 0 Å². The zero-order chi connectivity index (χ0) is 8.97. The molecular formula is C7H8ClN3O. The number of aromatic nitrogens is 2. The average Bonchev–Trinajstić information content (AvgIpc) is 2.08. The van der Waals surface area contributed by atoms with Crippen molar-refractivity contribution in [3.8, 4) is 0 Å². The number of rotatable bonds is 3. The fraction of sp³-hybridized carbons (Fsp3) is 0.143. The second kappa shape index (κ2) is 3.92. The lowest BCUT2D eigenvalue weighted by Gasteiger charge is -2.01. The third-order valence-electron chi connectivity index (χ3n) is 1.21. The van der Waals surface area contributed by atoms with E-state index in [0.29, 0.717) is 12.4 Å². The highest BCUT2D eigenvalue weighted by Gasteiger charge is 2.02. The highest BCUT2D eigenvalue weighted by Crippen LogP contribution is 2.10. The lowest BCUT2D eigenvalue weighted by molar-refractivity contribution is 1.10. The van der Waals surface area contributed by atoms with Crippen molar-refractivity contribution >= 4 is 17.4 Å². The lowest BCUT2D eigenvalue weighted by atomic mass is 10.5. The number of anilines is 1. The van der Waals surface area contributed by atoms with Crippen LogP contribution in [-0.4, -0.2) is 16.5 Å². The largest absolute Gasteiger partial charge is 0.365 e. The standard InChI is InChI=1S/C7H8ClN3O/c1-2-3-9-6-5(8)7(12)11-4-10-6/h2,4H,1,3H2,(H2,9,10,11,12). The van der Waals surface area contributed by atoms with Crippen LogP contribution in [0.15, 0.2) is 23.8 Å². The quantitative estimate of drug-likeness (QED) is 0.692. The summed E-state index contributed by atoms with van der Waals surface area (Å²) in [5.74, 6) is 0.375. The number of H-pyrrole nitrogens is 1. The minimum absolute atomic E-state index is 0.0688. The van der Waals surface area contributed by atoms with Gasteiger partial charge in [-0.25, -0.2) is 4.98 Å². The molecule has 0 aliphatic carbocycles. The van der Waals surface area contributed by atoms with E-state index < -0.39 is 0 Å². The molecule has 0 spiro atoms. The van der Waals surface area contributed by atoms with E-state index in [1.165, 1.54) is 6.33 Å². The van der Waals surface area contributed by atoms with Gasteiger partial charge in [0.05, 0.1) is 6.33 Å². The zero-order valence-electron chi connectivity index (χ0n) is 6.30. The molecule has 1 rings (SSSR count). The Morgan fingerprint density at radius 1 is 1.83 bits per heavy atom. The summed E-state index contributed by atoms with van der Waals surface area (Å²) in [6, 6.07) is 0. The van der Waals surface area contributed by atoms with Crippen LogP contribution in [0.4, 0.5) is 5.82 Å². The number of halogens is 1. The topological polar surface area (TPSA) is 57.8 Å². The van der Waals surface area contributed by atoms with Crippen LogP contribution in [-0.2, 0) is 0 Å². The number of nitrogens with one attached hydrogen (secondary N) is 2. The summed E-state index contributed by atoms with van der Waals surface area (Å²) in [7, 11) is 0. The Labute approximate surface area is 74.3 Å². The minimum atomic E-state index is -0.349. The van der Waals surface area contributed by atoms with Gasteiger partial charge in [0.25, 0.3) is 5.56 Å². The van der Waals surface area contributed by atoms with Gasteiger partial charge in [0.2, 0.25) is 0 Å². The molecule has 4 nitrogen and oxygen atoms in total. The zero-order valence-corrected chi connectivity index (χ0v) is 7.06. The Hall–Kier alpha value is -1.29. The van der Waals surface area contributed by atoms with Gasteiger partial charge >= 0.3 is 0 Å². The first-order chi connectivity index (χ1) is 5.75. The molecule has 0 radical (unpaired) electrons. The van der Waals surface area contributed by atoms with Gasteiger partial charge in [0.1, 0.15) is 5.02 Å². The maximum Gasteiger partial charge on any atom is 0.271 e. The molecule has 1 aromatic rings. The van der Waals surface area contributed by atoms with Gasteiger partial charge in [0.15, 0.2) is 5.82 Å². The Morgan fingerprint density at radius 3 is 3.25 bits per heavy atom. The molecule has 12 heavy (non-hydrogen) atoms. The van der Waals surface area contributed by atoms with E-state index in [9.17, 15) is 4.79 Å². The van der Waals surface area contributed by atoms with Crippen molar-refractivity contribution in [2.75, 3.05) is 11.9 Å². The van der Waals surface area contributed by atoms with Crippen molar-refractivity contribution in [3.05, 3.63) is 34.4 Å². The van der Waals surface area contributed by atoms with E-state index in [2.05, 4.69) is 21.9 Å². The molecule has 5 heteroatoms. The molecular weight excluding hydrogens is 178 g/mol. The van der Waals surface area contributed by atoms with E-state index in [0.717, 1.165) is 0 Å². The molecule has 0 fully saturated rings. The minimum Gasteiger partial charge on any atom is -0.365 e. The van der Waals surface area contributed by atoms with Crippen molar-refractivity contribution in [3.63, 3.8) is 0 Å². The van der Waals surface area contributed by atoms with Crippen molar-refractivity contribution in [1.29, 1.82) is 0 Å². The Balaban J connectivity index is 2.92. The summed E-state index contributed by atoms with van der Waals surface area (Å²) in [6.07, 6.45) is 2.94. The predicted octanol–water partition coefficient (Wildman–Crippen LogP) is 1.02. The second-order valence-corrected chi connectivity index (χ2v) is 2.44. The van der Waals surface area contributed by atoms with Crippen LogP contribution in [0.2, 0.25) is 5.02 Å². The Morgan fingerprint density at radius 2 is 2.58 bits per heavy atom. The van der Waals surface area contributed by atoms with E-state index in [4.69, 9.17) is 11.6 Å². The molecule has 2 N–H and O–H groups in total. The first-order valence-corrected chi connectivity index (χ1v) is 3.71. The number of aromatic amines is 1. The molecule has 0 bridgehead atoms. The maximum atomic E-state index is 10.9. The van der Waals surface area contributed by atoms with Crippen LogP contribution in [0.25, 0.3) is 0 Å². The lowest BCUT2D eigenvalue weighted by Crippen LogP contribution is -2.11. The monoisotopic (exact) mass is 185 g/mol.